The van der Waals surface area contributed by atoms with E-state index in [1.54, 1.807) is 7.11 Å². The van der Waals surface area contributed by atoms with Gasteiger partial charge in [-0.3, -0.25) is 0 Å². The van der Waals surface area contributed by atoms with E-state index in [9.17, 15) is 0 Å². The van der Waals surface area contributed by atoms with Crippen molar-refractivity contribution in [2.24, 2.45) is 0 Å². The molecule has 0 saturated carbocycles. The number of rotatable bonds is 1. The van der Waals surface area contributed by atoms with Gasteiger partial charge in [0.05, 0.1) is 12.1 Å². The Morgan fingerprint density at radius 3 is 3.08 bits per heavy atom. The number of fused-ring (bicyclic) bond motifs is 1. The summed E-state index contributed by atoms with van der Waals surface area (Å²) < 4.78 is 5.15. The highest BCUT2D eigenvalue weighted by Gasteiger charge is 2.14. The third kappa shape index (κ3) is 1.52. The lowest BCUT2D eigenvalue weighted by atomic mass is 10.0. The highest BCUT2D eigenvalue weighted by Crippen LogP contribution is 2.31. The third-order valence-corrected chi connectivity index (χ3v) is 2.81. The minimum Gasteiger partial charge on any atom is -0.495 e. The Labute approximate surface area is 82.9 Å². The van der Waals surface area contributed by atoms with Gasteiger partial charge in [-0.05, 0) is 30.2 Å². The van der Waals surface area contributed by atoms with Crippen LogP contribution in [0.4, 0.5) is 0 Å². The number of benzene rings is 1. The molecule has 0 unspecified atom stereocenters. The highest BCUT2D eigenvalue weighted by atomic mass is 35.5. The molecule has 0 bridgehead atoms. The first-order valence-electron chi connectivity index (χ1n) is 4.38. The van der Waals surface area contributed by atoms with Gasteiger partial charge in [0.2, 0.25) is 0 Å². The van der Waals surface area contributed by atoms with Crippen LogP contribution in [0.25, 0.3) is 0 Å². The van der Waals surface area contributed by atoms with Gasteiger partial charge in [-0.15, -0.1) is 0 Å². The fourth-order valence-electron chi connectivity index (χ4n) is 1.66. The molecule has 0 amide bonds. The fourth-order valence-corrected chi connectivity index (χ4v) is 1.99. The molecule has 1 aliphatic rings. The Kier molecular flexibility index (Phi) is 2.42. The van der Waals surface area contributed by atoms with Crippen LogP contribution in [0.5, 0.6) is 5.75 Å². The van der Waals surface area contributed by atoms with E-state index in [1.807, 2.05) is 6.07 Å². The van der Waals surface area contributed by atoms with Crippen LogP contribution < -0.4 is 10.1 Å². The molecule has 1 aromatic carbocycles. The Morgan fingerprint density at radius 2 is 2.31 bits per heavy atom. The molecule has 1 heterocycles. The summed E-state index contributed by atoms with van der Waals surface area (Å²) in [6.45, 7) is 1.89. The zero-order valence-corrected chi connectivity index (χ0v) is 8.32. The van der Waals surface area contributed by atoms with Crippen LogP contribution in [0.1, 0.15) is 11.1 Å². The first-order valence-corrected chi connectivity index (χ1v) is 4.75. The maximum atomic E-state index is 6.16. The lowest BCUT2D eigenvalue weighted by Crippen LogP contribution is -2.23. The summed E-state index contributed by atoms with van der Waals surface area (Å²) in [5.41, 5.74) is 2.52. The number of ether oxygens (including phenoxy) is 1. The molecule has 0 fully saturated rings. The van der Waals surface area contributed by atoms with Gasteiger partial charge in [0.25, 0.3) is 0 Å². The van der Waals surface area contributed by atoms with E-state index in [1.165, 1.54) is 11.1 Å². The monoisotopic (exact) mass is 197 g/mol. The van der Waals surface area contributed by atoms with Crippen molar-refractivity contribution < 1.29 is 4.74 Å². The van der Waals surface area contributed by atoms with Gasteiger partial charge in [-0.25, -0.2) is 0 Å². The molecule has 1 N–H and O–H groups in total. The number of halogens is 1. The number of methoxy groups -OCH3 is 1. The van der Waals surface area contributed by atoms with E-state index in [-0.39, 0.29) is 0 Å². The number of hydrogen-bond donors (Lipinski definition) is 1. The minimum absolute atomic E-state index is 0.757. The molecule has 3 heteroatoms. The van der Waals surface area contributed by atoms with Gasteiger partial charge >= 0.3 is 0 Å². The molecule has 2 nitrogen and oxygen atoms in total. The second-order valence-corrected chi connectivity index (χ2v) is 3.52. The topological polar surface area (TPSA) is 21.3 Å². The first-order chi connectivity index (χ1) is 6.33. The molecule has 0 radical (unpaired) electrons. The van der Waals surface area contributed by atoms with Crippen LogP contribution in [-0.2, 0) is 13.0 Å². The Morgan fingerprint density at radius 1 is 1.46 bits per heavy atom. The van der Waals surface area contributed by atoms with Crippen molar-refractivity contribution in [3.8, 4) is 5.75 Å². The van der Waals surface area contributed by atoms with E-state index in [0.717, 1.165) is 30.3 Å². The summed E-state index contributed by atoms with van der Waals surface area (Å²) in [6, 6.07) is 4.04. The van der Waals surface area contributed by atoms with Crippen LogP contribution in [0.2, 0.25) is 5.02 Å². The summed E-state index contributed by atoms with van der Waals surface area (Å²) in [5, 5.41) is 4.05. The van der Waals surface area contributed by atoms with E-state index in [4.69, 9.17) is 16.3 Å². The van der Waals surface area contributed by atoms with E-state index >= 15 is 0 Å². The van der Waals surface area contributed by atoms with Crippen LogP contribution in [-0.4, -0.2) is 13.7 Å². The summed E-state index contributed by atoms with van der Waals surface area (Å²) in [7, 11) is 1.64. The molecular formula is C10H12ClNO. The molecule has 1 aromatic rings. The van der Waals surface area contributed by atoms with Crippen LogP contribution in [0.15, 0.2) is 12.1 Å². The molecule has 1 aliphatic heterocycles. The average molecular weight is 198 g/mol. The van der Waals surface area contributed by atoms with Crippen molar-refractivity contribution in [3.05, 3.63) is 28.3 Å². The van der Waals surface area contributed by atoms with Gasteiger partial charge in [-0.1, -0.05) is 17.7 Å². The molecule has 0 aromatic heterocycles. The molecular weight excluding hydrogens is 186 g/mol. The maximum absolute atomic E-state index is 6.16. The van der Waals surface area contributed by atoms with Crippen molar-refractivity contribution >= 4 is 11.6 Å². The van der Waals surface area contributed by atoms with Crippen molar-refractivity contribution in [1.82, 2.24) is 5.32 Å². The Hall–Kier alpha value is -0.730. The van der Waals surface area contributed by atoms with Crippen molar-refractivity contribution in [1.29, 1.82) is 0 Å². The third-order valence-electron chi connectivity index (χ3n) is 2.40. The molecule has 70 valence electrons. The highest BCUT2D eigenvalue weighted by molar-refractivity contribution is 6.33. The predicted octanol–water partition coefficient (Wildman–Crippen LogP) is 1.99. The van der Waals surface area contributed by atoms with Gasteiger partial charge < -0.3 is 10.1 Å². The van der Waals surface area contributed by atoms with Crippen molar-refractivity contribution in [3.63, 3.8) is 0 Å². The van der Waals surface area contributed by atoms with Crippen molar-refractivity contribution in [2.45, 2.75) is 13.0 Å². The smallest absolute Gasteiger partial charge is 0.137 e. The van der Waals surface area contributed by atoms with Gasteiger partial charge in [0.15, 0.2) is 0 Å². The second kappa shape index (κ2) is 3.56. The Bertz CT molecular complexity index is 325. The molecule has 0 spiro atoms. The number of hydrogen-bond acceptors (Lipinski definition) is 2. The summed E-state index contributed by atoms with van der Waals surface area (Å²) >= 11 is 6.16. The van der Waals surface area contributed by atoms with Gasteiger partial charge in [0, 0.05) is 6.54 Å². The zero-order valence-electron chi connectivity index (χ0n) is 7.56. The Balaban J connectivity index is 2.48. The standard InChI is InChI=1S/C10H12ClNO/c1-13-9-3-2-7-4-5-12-6-8(7)10(9)11/h2-3,12H,4-6H2,1H3. The normalized spacial score (nSPS) is 15.2. The quantitative estimate of drug-likeness (QED) is 0.744. The van der Waals surface area contributed by atoms with E-state index in [2.05, 4.69) is 11.4 Å². The number of nitrogens with one attached hydrogen (secondary N) is 1. The van der Waals surface area contributed by atoms with Gasteiger partial charge in [-0.2, -0.15) is 0 Å². The zero-order chi connectivity index (χ0) is 9.26. The average Bonchev–Trinajstić information content (AvgIpc) is 2.19. The van der Waals surface area contributed by atoms with Crippen LogP contribution >= 0.6 is 11.6 Å². The molecule has 0 saturated heterocycles. The molecule has 2 rings (SSSR count). The SMILES string of the molecule is COc1ccc2c(c1Cl)CNCC2. The van der Waals surface area contributed by atoms with Crippen LogP contribution in [0.3, 0.4) is 0 Å². The second-order valence-electron chi connectivity index (χ2n) is 3.15. The summed E-state index contributed by atoms with van der Waals surface area (Å²) in [5.74, 6) is 0.768. The largest absolute Gasteiger partial charge is 0.495 e. The first kappa shape index (κ1) is 8.85. The predicted molar refractivity (Wildman–Crippen MR) is 53.4 cm³/mol. The van der Waals surface area contributed by atoms with Gasteiger partial charge in [0.1, 0.15) is 5.75 Å². The lowest BCUT2D eigenvalue weighted by molar-refractivity contribution is 0.413. The lowest BCUT2D eigenvalue weighted by Gasteiger charge is -2.19. The van der Waals surface area contributed by atoms with Crippen molar-refractivity contribution in [2.75, 3.05) is 13.7 Å². The molecule has 13 heavy (non-hydrogen) atoms. The molecule has 0 atom stereocenters. The summed E-state index contributed by atoms with van der Waals surface area (Å²) in [6.07, 6.45) is 1.05. The van der Waals surface area contributed by atoms with Crippen LogP contribution in [0, 0.1) is 0 Å². The van der Waals surface area contributed by atoms with E-state index < -0.39 is 0 Å². The molecule has 0 aliphatic carbocycles. The fraction of sp³-hybridized carbons (Fsp3) is 0.400. The minimum atomic E-state index is 0.757. The summed E-state index contributed by atoms with van der Waals surface area (Å²) in [4.78, 5) is 0. The maximum Gasteiger partial charge on any atom is 0.137 e. The van der Waals surface area contributed by atoms with E-state index in [0.29, 0.717) is 0 Å².